The number of halogens is 2. The molecule has 0 saturated carbocycles. The summed E-state index contributed by atoms with van der Waals surface area (Å²) in [5, 5.41) is 9.26. The molecule has 0 bridgehead atoms. The summed E-state index contributed by atoms with van der Waals surface area (Å²) >= 11 is 0. The highest BCUT2D eigenvalue weighted by atomic mass is 19.1. The third-order valence-electron chi connectivity index (χ3n) is 7.64. The lowest BCUT2D eigenvalue weighted by Crippen LogP contribution is -2.52. The van der Waals surface area contributed by atoms with Gasteiger partial charge < -0.3 is 9.80 Å². The number of hydrogen-bond donors (Lipinski definition) is 0. The van der Waals surface area contributed by atoms with Crippen LogP contribution in [0.25, 0.3) is 0 Å². The first-order chi connectivity index (χ1) is 17.6. The fraction of sp³-hybridized carbons (Fsp3) is 0.483. The van der Waals surface area contributed by atoms with Crippen molar-refractivity contribution in [1.82, 2.24) is 14.7 Å². The minimum absolute atomic E-state index is 0.00544. The van der Waals surface area contributed by atoms with Crippen LogP contribution in [0.15, 0.2) is 42.5 Å². The second kappa shape index (κ2) is 11.0. The fourth-order valence-corrected chi connectivity index (χ4v) is 5.38. The van der Waals surface area contributed by atoms with Crippen molar-refractivity contribution >= 4 is 11.8 Å². The van der Waals surface area contributed by atoms with Gasteiger partial charge in [-0.1, -0.05) is 24.3 Å². The van der Waals surface area contributed by atoms with Gasteiger partial charge >= 0.3 is 0 Å². The Balaban J connectivity index is 1.40. The van der Waals surface area contributed by atoms with Gasteiger partial charge in [0.1, 0.15) is 11.6 Å². The maximum absolute atomic E-state index is 14.7. The van der Waals surface area contributed by atoms with Gasteiger partial charge in [0.05, 0.1) is 17.6 Å². The van der Waals surface area contributed by atoms with Crippen LogP contribution >= 0.6 is 0 Å². The molecule has 0 N–H and O–H groups in total. The van der Waals surface area contributed by atoms with Crippen molar-refractivity contribution in [2.45, 2.75) is 45.1 Å². The molecule has 2 fully saturated rings. The molecule has 6 nitrogen and oxygen atoms in total. The zero-order valence-electron chi connectivity index (χ0n) is 21.7. The summed E-state index contributed by atoms with van der Waals surface area (Å²) in [6, 6.07) is 13.0. The van der Waals surface area contributed by atoms with Gasteiger partial charge in [-0.15, -0.1) is 0 Å². The predicted molar refractivity (Wildman–Crippen MR) is 137 cm³/mol. The number of rotatable bonds is 5. The van der Waals surface area contributed by atoms with E-state index in [1.807, 2.05) is 12.1 Å². The average Bonchev–Trinajstić information content (AvgIpc) is 3.33. The Morgan fingerprint density at radius 3 is 2.32 bits per heavy atom. The van der Waals surface area contributed by atoms with Gasteiger partial charge in [-0.2, -0.15) is 5.26 Å². The molecule has 2 atom stereocenters. The van der Waals surface area contributed by atoms with Gasteiger partial charge in [0.25, 0.3) is 0 Å². The van der Waals surface area contributed by atoms with Crippen molar-refractivity contribution in [2.75, 3.05) is 39.3 Å². The van der Waals surface area contributed by atoms with Crippen LogP contribution in [0.3, 0.4) is 0 Å². The molecule has 0 unspecified atom stereocenters. The van der Waals surface area contributed by atoms with Crippen LogP contribution in [0.4, 0.5) is 8.78 Å². The van der Waals surface area contributed by atoms with E-state index in [2.05, 4.69) is 31.7 Å². The molecule has 2 aliphatic rings. The lowest BCUT2D eigenvalue weighted by atomic mass is 9.87. The zero-order valence-corrected chi connectivity index (χ0v) is 21.7. The van der Waals surface area contributed by atoms with E-state index in [0.717, 1.165) is 11.6 Å². The second-order valence-electron chi connectivity index (χ2n) is 10.9. The number of nitrogens with zero attached hydrogens (tertiary/aromatic N) is 4. The highest BCUT2D eigenvalue weighted by molar-refractivity contribution is 5.81. The average molecular weight is 509 g/mol. The van der Waals surface area contributed by atoms with Gasteiger partial charge in [0.15, 0.2) is 0 Å². The van der Waals surface area contributed by atoms with Crippen LogP contribution < -0.4 is 0 Å². The first-order valence-corrected chi connectivity index (χ1v) is 12.8. The van der Waals surface area contributed by atoms with Crippen molar-refractivity contribution in [2.24, 2.45) is 5.92 Å². The number of amides is 2. The van der Waals surface area contributed by atoms with E-state index in [1.165, 1.54) is 12.1 Å². The summed E-state index contributed by atoms with van der Waals surface area (Å²) in [6.07, 6.45) is 0.805. The summed E-state index contributed by atoms with van der Waals surface area (Å²) in [7, 11) is 0. The topological polar surface area (TPSA) is 67.7 Å². The van der Waals surface area contributed by atoms with E-state index in [4.69, 9.17) is 0 Å². The number of carbonyl (C=O) groups is 2. The number of piperazine rings is 1. The zero-order chi connectivity index (χ0) is 26.7. The van der Waals surface area contributed by atoms with Gasteiger partial charge in [-0.25, -0.2) is 8.78 Å². The summed E-state index contributed by atoms with van der Waals surface area (Å²) < 4.78 is 28.3. The molecule has 2 amide bonds. The molecular formula is C29H34F2N4O2. The SMILES string of the molecule is CC(C)(C)N1C[C@@H](C(=O)N2CCN(C(=O)CCc3ccccc3C#N)CC2)[C@H](c2ccc(F)cc2F)C1. The van der Waals surface area contributed by atoms with Crippen LogP contribution in [-0.4, -0.2) is 71.3 Å². The van der Waals surface area contributed by atoms with Gasteiger partial charge in [0, 0.05) is 63.2 Å². The molecule has 2 heterocycles. The molecule has 2 aromatic rings. The Morgan fingerprint density at radius 1 is 1.00 bits per heavy atom. The minimum atomic E-state index is -0.633. The Bertz CT molecular complexity index is 1200. The van der Waals surface area contributed by atoms with Gasteiger partial charge in [0.2, 0.25) is 11.8 Å². The molecule has 8 heteroatoms. The molecule has 0 spiro atoms. The Morgan fingerprint density at radius 2 is 1.68 bits per heavy atom. The standard InChI is InChI=1S/C29H34F2N4O2/c1-29(2,3)35-18-24(23-10-9-22(30)16-26(23)31)25(19-35)28(37)34-14-12-33(13-15-34)27(36)11-8-20-6-4-5-7-21(20)17-32/h4-7,9-10,16,24-25H,8,11-15,18-19H2,1-3H3/t24-,25+/m0/s1. The van der Waals surface area contributed by atoms with Crippen molar-refractivity contribution in [3.63, 3.8) is 0 Å². The predicted octanol–water partition coefficient (Wildman–Crippen LogP) is 3.95. The van der Waals surface area contributed by atoms with E-state index >= 15 is 0 Å². The highest BCUT2D eigenvalue weighted by Crippen LogP contribution is 2.38. The van der Waals surface area contributed by atoms with Crippen molar-refractivity contribution in [3.05, 3.63) is 70.8 Å². The monoisotopic (exact) mass is 508 g/mol. The highest BCUT2D eigenvalue weighted by Gasteiger charge is 2.44. The molecule has 0 aromatic heterocycles. The summed E-state index contributed by atoms with van der Waals surface area (Å²) in [4.78, 5) is 32.2. The normalized spacial score (nSPS) is 20.6. The first-order valence-electron chi connectivity index (χ1n) is 12.8. The van der Waals surface area contributed by atoms with E-state index in [9.17, 15) is 23.6 Å². The second-order valence-corrected chi connectivity index (χ2v) is 10.9. The molecule has 0 aliphatic carbocycles. The molecule has 4 rings (SSSR count). The fourth-order valence-electron chi connectivity index (χ4n) is 5.38. The minimum Gasteiger partial charge on any atom is -0.339 e. The lowest BCUT2D eigenvalue weighted by molar-refractivity contribution is -0.142. The molecule has 196 valence electrons. The van der Waals surface area contributed by atoms with E-state index < -0.39 is 17.6 Å². The molecule has 37 heavy (non-hydrogen) atoms. The Kier molecular flexibility index (Phi) is 7.93. The Labute approximate surface area is 217 Å². The largest absolute Gasteiger partial charge is 0.339 e. The van der Waals surface area contributed by atoms with E-state index in [1.54, 1.807) is 21.9 Å². The number of likely N-dealkylation sites (tertiary alicyclic amines) is 1. The van der Waals surface area contributed by atoms with Crippen LogP contribution in [0.2, 0.25) is 0 Å². The molecule has 2 saturated heterocycles. The number of hydrogen-bond acceptors (Lipinski definition) is 4. The number of carbonyl (C=O) groups excluding carboxylic acids is 2. The lowest BCUT2D eigenvalue weighted by Gasteiger charge is -2.37. The van der Waals surface area contributed by atoms with Gasteiger partial charge in [-0.05, 0) is 50.5 Å². The number of benzene rings is 2. The van der Waals surface area contributed by atoms with Gasteiger partial charge in [-0.3, -0.25) is 14.5 Å². The van der Waals surface area contributed by atoms with E-state index in [-0.39, 0.29) is 23.3 Å². The molecular weight excluding hydrogens is 474 g/mol. The van der Waals surface area contributed by atoms with Crippen LogP contribution in [0.5, 0.6) is 0 Å². The third kappa shape index (κ3) is 5.99. The smallest absolute Gasteiger partial charge is 0.227 e. The summed E-state index contributed by atoms with van der Waals surface area (Å²) in [6.45, 7) is 8.94. The molecule has 0 radical (unpaired) electrons. The van der Waals surface area contributed by atoms with Crippen LogP contribution in [0.1, 0.15) is 49.8 Å². The summed E-state index contributed by atoms with van der Waals surface area (Å²) in [5.74, 6) is -2.10. The number of aryl methyl sites for hydroxylation is 1. The quantitative estimate of drug-likeness (QED) is 0.613. The maximum Gasteiger partial charge on any atom is 0.227 e. The van der Waals surface area contributed by atoms with Crippen LogP contribution in [-0.2, 0) is 16.0 Å². The van der Waals surface area contributed by atoms with Crippen molar-refractivity contribution < 1.29 is 18.4 Å². The molecule has 2 aliphatic heterocycles. The van der Waals surface area contributed by atoms with Crippen LogP contribution in [0, 0.1) is 28.9 Å². The van der Waals surface area contributed by atoms with E-state index in [0.29, 0.717) is 63.2 Å². The Hall–Kier alpha value is -3.31. The first kappa shape index (κ1) is 26.7. The van der Waals surface area contributed by atoms with Crippen molar-refractivity contribution in [1.29, 1.82) is 5.26 Å². The number of nitriles is 1. The van der Waals surface area contributed by atoms with Crippen molar-refractivity contribution in [3.8, 4) is 6.07 Å². The summed E-state index contributed by atoms with van der Waals surface area (Å²) in [5.41, 5.74) is 1.62. The molecule has 2 aromatic carbocycles. The maximum atomic E-state index is 14.7. The third-order valence-corrected chi connectivity index (χ3v) is 7.64.